The maximum absolute atomic E-state index is 14.6. The molecule has 4 atom stereocenters. The van der Waals surface area contributed by atoms with Crippen LogP contribution in [0.3, 0.4) is 0 Å². The van der Waals surface area contributed by atoms with Gasteiger partial charge in [-0.2, -0.15) is 0 Å². The summed E-state index contributed by atoms with van der Waals surface area (Å²) in [5.41, 5.74) is 3.60. The van der Waals surface area contributed by atoms with Crippen LogP contribution in [0.2, 0.25) is 5.02 Å². The van der Waals surface area contributed by atoms with Gasteiger partial charge in [-0.15, -0.1) is 0 Å². The molecular formula is C33H24ClN3O3. The van der Waals surface area contributed by atoms with E-state index in [1.165, 1.54) is 6.20 Å². The molecular weight excluding hydrogens is 522 g/mol. The molecule has 1 amide bonds. The van der Waals surface area contributed by atoms with Gasteiger partial charge in [0.15, 0.2) is 11.6 Å². The Balaban J connectivity index is 1.54. The molecule has 3 aliphatic rings. The Morgan fingerprint density at radius 1 is 0.950 bits per heavy atom. The molecule has 1 saturated heterocycles. The summed E-state index contributed by atoms with van der Waals surface area (Å²) >= 11 is 6.16. The van der Waals surface area contributed by atoms with Crippen LogP contribution in [-0.4, -0.2) is 34.5 Å². The number of hydrogen-bond donors (Lipinski definition) is 1. The number of benzene rings is 3. The number of para-hydroxylation sites is 1. The third-order valence-electron chi connectivity index (χ3n) is 8.41. The van der Waals surface area contributed by atoms with Crippen molar-refractivity contribution in [1.29, 1.82) is 0 Å². The normalized spacial score (nSPS) is 23.9. The van der Waals surface area contributed by atoms with E-state index in [4.69, 9.17) is 11.6 Å². The third kappa shape index (κ3) is 3.36. The van der Waals surface area contributed by atoms with Crippen molar-refractivity contribution in [3.63, 3.8) is 0 Å². The lowest BCUT2D eigenvalue weighted by Gasteiger charge is -2.37. The van der Waals surface area contributed by atoms with E-state index < -0.39 is 23.4 Å². The molecule has 4 heterocycles. The molecule has 4 aromatic rings. The van der Waals surface area contributed by atoms with E-state index in [2.05, 4.69) is 16.4 Å². The molecule has 3 aliphatic heterocycles. The van der Waals surface area contributed by atoms with Crippen molar-refractivity contribution in [1.82, 2.24) is 4.98 Å². The van der Waals surface area contributed by atoms with Crippen LogP contribution < -0.4 is 10.2 Å². The molecule has 0 radical (unpaired) electrons. The van der Waals surface area contributed by atoms with Gasteiger partial charge in [-0.05, 0) is 72.6 Å². The fourth-order valence-electron chi connectivity index (χ4n) is 6.77. The fraction of sp³-hybridized carbons (Fsp3) is 0.152. The van der Waals surface area contributed by atoms with E-state index >= 15 is 0 Å². The third-order valence-corrected chi connectivity index (χ3v) is 8.67. The first-order valence-electron chi connectivity index (χ1n) is 13.1. The number of nitrogens with one attached hydrogen (secondary N) is 1. The summed E-state index contributed by atoms with van der Waals surface area (Å²) in [6.45, 7) is 2.01. The number of rotatable bonds is 4. The fourth-order valence-corrected chi connectivity index (χ4v) is 6.90. The van der Waals surface area contributed by atoms with E-state index in [0.29, 0.717) is 27.4 Å². The highest BCUT2D eigenvalue weighted by Gasteiger charge is 2.70. The number of pyridine rings is 1. The highest BCUT2D eigenvalue weighted by atomic mass is 35.5. The molecule has 0 saturated carbocycles. The van der Waals surface area contributed by atoms with Crippen LogP contribution in [0, 0.1) is 12.8 Å². The summed E-state index contributed by atoms with van der Waals surface area (Å²) in [5.74, 6) is -1.88. The van der Waals surface area contributed by atoms with Crippen LogP contribution in [-0.2, 0) is 10.2 Å². The maximum Gasteiger partial charge on any atom is 0.238 e. The lowest BCUT2D eigenvalue weighted by molar-refractivity contribution is -0.121. The van der Waals surface area contributed by atoms with Crippen LogP contribution in [0.1, 0.15) is 37.4 Å². The Bertz CT molecular complexity index is 1730. The topological polar surface area (TPSA) is 79.4 Å². The zero-order chi connectivity index (χ0) is 27.6. The molecule has 7 rings (SSSR count). The van der Waals surface area contributed by atoms with Gasteiger partial charge in [-0.25, -0.2) is 0 Å². The van der Waals surface area contributed by atoms with E-state index in [-0.39, 0.29) is 17.5 Å². The first-order valence-corrected chi connectivity index (χ1v) is 13.5. The molecule has 0 aliphatic carbocycles. The van der Waals surface area contributed by atoms with Gasteiger partial charge >= 0.3 is 0 Å². The van der Waals surface area contributed by atoms with Crippen molar-refractivity contribution in [2.45, 2.75) is 24.4 Å². The minimum Gasteiger partial charge on any atom is -0.352 e. The number of hydrogen-bond acceptors (Lipinski definition) is 5. The molecule has 1 aromatic heterocycles. The van der Waals surface area contributed by atoms with E-state index in [1.54, 1.807) is 42.6 Å². The molecule has 40 heavy (non-hydrogen) atoms. The van der Waals surface area contributed by atoms with Gasteiger partial charge in [-0.1, -0.05) is 53.6 Å². The van der Waals surface area contributed by atoms with Crippen molar-refractivity contribution in [2.24, 2.45) is 5.92 Å². The molecule has 7 heteroatoms. The second kappa shape index (κ2) is 9.00. The van der Waals surface area contributed by atoms with Crippen LogP contribution in [0.15, 0.2) is 97.3 Å². The lowest BCUT2D eigenvalue weighted by atomic mass is 9.64. The van der Waals surface area contributed by atoms with Gasteiger partial charge in [-0.3, -0.25) is 19.4 Å². The molecule has 1 N–H and O–H groups in total. The van der Waals surface area contributed by atoms with E-state index in [9.17, 15) is 14.4 Å². The number of aromatic nitrogens is 1. The quantitative estimate of drug-likeness (QED) is 0.323. The predicted molar refractivity (Wildman–Crippen MR) is 155 cm³/mol. The highest BCUT2D eigenvalue weighted by molar-refractivity contribution is 6.30. The molecule has 3 aromatic carbocycles. The van der Waals surface area contributed by atoms with Crippen molar-refractivity contribution < 1.29 is 14.4 Å². The Hall–Kier alpha value is -4.55. The lowest BCUT2D eigenvalue weighted by Crippen LogP contribution is -2.51. The SMILES string of the molecule is Cc1ccc2c(c1)C=CC1N2C(C(=O)c2ccc(Cl)cc2)C(C(=O)c2cccnc2)C12C(=O)Nc1ccccc12. The minimum atomic E-state index is -1.35. The van der Waals surface area contributed by atoms with Crippen LogP contribution in [0.5, 0.6) is 0 Å². The van der Waals surface area contributed by atoms with Gasteiger partial charge in [0.05, 0.1) is 12.0 Å². The monoisotopic (exact) mass is 545 g/mol. The number of carbonyl (C=O) groups is 3. The standard InChI is InChI=1S/C33H24ClN3O3/c1-19-8-14-26-21(17-19)11-15-27-33(24-6-2-3-7-25(24)36-32(33)40)28(30(38)22-5-4-16-35-18-22)29(37(26)27)31(39)20-9-12-23(34)13-10-20/h2-18,27-29H,1H3,(H,36,40). The van der Waals surface area contributed by atoms with Crippen LogP contribution >= 0.6 is 11.6 Å². The van der Waals surface area contributed by atoms with Crippen LogP contribution in [0.25, 0.3) is 6.08 Å². The highest BCUT2D eigenvalue weighted by Crippen LogP contribution is 2.58. The number of nitrogens with zero attached hydrogens (tertiary/aromatic N) is 2. The summed E-state index contributed by atoms with van der Waals surface area (Å²) < 4.78 is 0. The second-order valence-electron chi connectivity index (χ2n) is 10.5. The number of aryl methyl sites for hydroxylation is 1. The average molecular weight is 546 g/mol. The first-order chi connectivity index (χ1) is 19.4. The Morgan fingerprint density at radius 3 is 2.52 bits per heavy atom. The zero-order valence-electron chi connectivity index (χ0n) is 21.5. The van der Waals surface area contributed by atoms with Crippen molar-refractivity contribution in [3.05, 3.63) is 130 Å². The number of anilines is 2. The number of ketones is 2. The summed E-state index contributed by atoms with van der Waals surface area (Å²) in [6, 6.07) is 22.0. The van der Waals surface area contributed by atoms with Crippen molar-refractivity contribution in [2.75, 3.05) is 10.2 Å². The number of fused-ring (bicyclic) bond motifs is 6. The van der Waals surface area contributed by atoms with Gasteiger partial charge < -0.3 is 10.2 Å². The summed E-state index contributed by atoms with van der Waals surface area (Å²) in [5, 5.41) is 3.55. The van der Waals surface area contributed by atoms with Crippen LogP contribution in [0.4, 0.5) is 11.4 Å². The smallest absolute Gasteiger partial charge is 0.238 e. The Labute approximate surface area is 236 Å². The minimum absolute atomic E-state index is 0.250. The summed E-state index contributed by atoms with van der Waals surface area (Å²) in [6.07, 6.45) is 7.07. The largest absolute Gasteiger partial charge is 0.352 e. The molecule has 6 nitrogen and oxygen atoms in total. The first kappa shape index (κ1) is 24.5. The van der Waals surface area contributed by atoms with Gasteiger partial charge in [0, 0.05) is 39.9 Å². The molecule has 0 bridgehead atoms. The van der Waals surface area contributed by atoms with Crippen molar-refractivity contribution >= 4 is 46.5 Å². The Morgan fingerprint density at radius 2 is 1.75 bits per heavy atom. The molecule has 1 fully saturated rings. The van der Waals surface area contributed by atoms with E-state index in [0.717, 1.165) is 16.8 Å². The predicted octanol–water partition coefficient (Wildman–Crippen LogP) is 5.90. The number of amides is 1. The zero-order valence-corrected chi connectivity index (χ0v) is 22.3. The average Bonchev–Trinajstić information content (AvgIpc) is 3.45. The number of carbonyl (C=O) groups excluding carboxylic acids is 3. The van der Waals surface area contributed by atoms with Gasteiger partial charge in [0.2, 0.25) is 5.91 Å². The van der Waals surface area contributed by atoms with E-state index in [1.807, 2.05) is 60.4 Å². The van der Waals surface area contributed by atoms with Gasteiger partial charge in [0.25, 0.3) is 0 Å². The summed E-state index contributed by atoms with van der Waals surface area (Å²) in [4.78, 5) is 49.7. The molecule has 196 valence electrons. The Kier molecular flexibility index (Phi) is 5.51. The number of halogens is 1. The maximum atomic E-state index is 14.6. The number of Topliss-reactive ketones (excluding diaryl/α,β-unsaturated/α-hetero) is 2. The van der Waals surface area contributed by atoms with Gasteiger partial charge in [0.1, 0.15) is 11.5 Å². The second-order valence-corrected chi connectivity index (χ2v) is 11.0. The van der Waals surface area contributed by atoms with Crippen molar-refractivity contribution in [3.8, 4) is 0 Å². The molecule has 1 spiro atoms. The summed E-state index contributed by atoms with van der Waals surface area (Å²) in [7, 11) is 0. The molecule has 4 unspecified atom stereocenters.